The van der Waals surface area contributed by atoms with Crippen LogP contribution in [-0.4, -0.2) is 35.5 Å². The topological polar surface area (TPSA) is 124 Å². The Hall–Kier alpha value is -3.95. The number of amides is 1. The van der Waals surface area contributed by atoms with E-state index in [0.29, 0.717) is 24.0 Å². The third-order valence-electron chi connectivity index (χ3n) is 3.81. The van der Waals surface area contributed by atoms with E-state index >= 15 is 0 Å². The van der Waals surface area contributed by atoms with Gasteiger partial charge in [-0.05, 0) is 29.8 Å². The van der Waals surface area contributed by atoms with Gasteiger partial charge >= 0.3 is 0 Å². The summed E-state index contributed by atoms with van der Waals surface area (Å²) in [5.74, 6) is -0.0179. The number of nitrogens with zero attached hydrogens (tertiary/aromatic N) is 6. The summed E-state index contributed by atoms with van der Waals surface area (Å²) in [6.07, 6.45) is 3.01. The zero-order valence-corrected chi connectivity index (χ0v) is 13.9. The predicted molar refractivity (Wildman–Crippen MR) is 94.1 cm³/mol. The van der Waals surface area contributed by atoms with E-state index in [1.54, 1.807) is 34.9 Å². The number of hydrogen-bond donors (Lipinski definition) is 2. The molecule has 1 aromatic carbocycles. The summed E-state index contributed by atoms with van der Waals surface area (Å²) in [5, 5.41) is 11.1. The van der Waals surface area contributed by atoms with Gasteiger partial charge in [0.1, 0.15) is 12.1 Å². The number of primary amides is 1. The average Bonchev–Trinajstić information content (AvgIpc) is 3.11. The fraction of sp³-hybridized carbons (Fsp3) is 0.0588. The van der Waals surface area contributed by atoms with Crippen LogP contribution in [0, 0.1) is 5.82 Å². The van der Waals surface area contributed by atoms with Gasteiger partial charge in [-0.2, -0.15) is 4.98 Å². The van der Waals surface area contributed by atoms with Crippen LogP contribution in [-0.2, 0) is 6.54 Å². The van der Waals surface area contributed by atoms with E-state index < -0.39 is 5.91 Å². The Morgan fingerprint density at radius 3 is 2.89 bits per heavy atom. The lowest BCUT2D eigenvalue weighted by molar-refractivity contribution is 0.100. The van der Waals surface area contributed by atoms with Crippen molar-refractivity contribution < 1.29 is 9.18 Å². The van der Waals surface area contributed by atoms with E-state index in [1.807, 2.05) is 0 Å². The van der Waals surface area contributed by atoms with Gasteiger partial charge in [-0.1, -0.05) is 12.1 Å². The molecule has 4 rings (SSSR count). The van der Waals surface area contributed by atoms with Crippen molar-refractivity contribution in [2.75, 3.05) is 5.32 Å². The number of anilines is 1. The van der Waals surface area contributed by atoms with Crippen LogP contribution in [0.1, 0.15) is 15.9 Å². The molecule has 0 saturated carbocycles. The van der Waals surface area contributed by atoms with Crippen LogP contribution in [0.5, 0.6) is 0 Å². The maximum atomic E-state index is 13.3. The van der Waals surface area contributed by atoms with Crippen molar-refractivity contribution in [2.45, 2.75) is 6.54 Å². The second-order valence-electron chi connectivity index (χ2n) is 5.62. The Labute approximate surface area is 152 Å². The minimum absolute atomic E-state index is 0.245. The third kappa shape index (κ3) is 3.27. The molecule has 0 radical (unpaired) electrons. The number of halogens is 1. The van der Waals surface area contributed by atoms with Crippen molar-refractivity contribution in [1.82, 2.24) is 29.5 Å². The second-order valence-corrected chi connectivity index (χ2v) is 5.62. The van der Waals surface area contributed by atoms with Crippen molar-refractivity contribution in [3.8, 4) is 11.6 Å². The monoisotopic (exact) mass is 364 g/mol. The Kier molecular flexibility index (Phi) is 4.13. The van der Waals surface area contributed by atoms with E-state index in [1.165, 1.54) is 18.5 Å². The SMILES string of the molecule is NC(=O)c1cccn2c(-c3ncnc(NCc4cccc(F)c4)n3)nnc12. The van der Waals surface area contributed by atoms with E-state index in [9.17, 15) is 9.18 Å². The molecule has 134 valence electrons. The van der Waals surface area contributed by atoms with Crippen LogP contribution in [0.2, 0.25) is 0 Å². The summed E-state index contributed by atoms with van der Waals surface area (Å²) in [7, 11) is 0. The second kappa shape index (κ2) is 6.75. The molecule has 0 bridgehead atoms. The zero-order chi connectivity index (χ0) is 18.8. The molecule has 0 atom stereocenters. The first-order chi connectivity index (χ1) is 13.1. The molecule has 4 aromatic rings. The van der Waals surface area contributed by atoms with Crippen LogP contribution in [0.4, 0.5) is 10.3 Å². The van der Waals surface area contributed by atoms with Crippen molar-refractivity contribution in [3.05, 3.63) is 65.9 Å². The molecule has 3 heterocycles. The van der Waals surface area contributed by atoms with Crippen molar-refractivity contribution in [1.29, 1.82) is 0 Å². The van der Waals surface area contributed by atoms with Crippen molar-refractivity contribution >= 4 is 17.5 Å². The third-order valence-corrected chi connectivity index (χ3v) is 3.81. The van der Waals surface area contributed by atoms with Crippen molar-refractivity contribution in [3.63, 3.8) is 0 Å². The number of aromatic nitrogens is 6. The molecular formula is C17H13FN8O. The van der Waals surface area contributed by atoms with Crippen LogP contribution >= 0.6 is 0 Å². The lowest BCUT2D eigenvalue weighted by atomic mass is 10.2. The lowest BCUT2D eigenvalue weighted by Gasteiger charge is -2.06. The summed E-state index contributed by atoms with van der Waals surface area (Å²) in [6, 6.07) is 9.44. The Bertz CT molecular complexity index is 1140. The smallest absolute Gasteiger partial charge is 0.252 e. The van der Waals surface area contributed by atoms with E-state index in [4.69, 9.17) is 5.73 Å². The number of nitrogens with one attached hydrogen (secondary N) is 1. The van der Waals surface area contributed by atoms with Gasteiger partial charge in [-0.3, -0.25) is 9.20 Å². The molecule has 0 fully saturated rings. The molecular weight excluding hydrogens is 351 g/mol. The van der Waals surface area contributed by atoms with E-state index in [-0.39, 0.29) is 17.2 Å². The maximum absolute atomic E-state index is 13.3. The molecule has 0 aliphatic rings. The number of hydrogen-bond acceptors (Lipinski definition) is 7. The molecule has 3 aromatic heterocycles. The highest BCUT2D eigenvalue weighted by molar-refractivity contribution is 5.98. The fourth-order valence-corrected chi connectivity index (χ4v) is 2.58. The molecule has 0 spiro atoms. The van der Waals surface area contributed by atoms with Gasteiger partial charge in [0.15, 0.2) is 5.65 Å². The van der Waals surface area contributed by atoms with Gasteiger partial charge in [0.2, 0.25) is 17.6 Å². The highest BCUT2D eigenvalue weighted by atomic mass is 19.1. The first-order valence-corrected chi connectivity index (χ1v) is 7.93. The molecule has 3 N–H and O–H groups in total. The molecule has 0 saturated heterocycles. The van der Waals surface area contributed by atoms with Crippen LogP contribution < -0.4 is 11.1 Å². The number of pyridine rings is 1. The van der Waals surface area contributed by atoms with Gasteiger partial charge in [0.25, 0.3) is 5.91 Å². The summed E-state index contributed by atoms with van der Waals surface area (Å²) >= 11 is 0. The van der Waals surface area contributed by atoms with Gasteiger partial charge in [-0.15, -0.1) is 10.2 Å². The maximum Gasteiger partial charge on any atom is 0.252 e. The lowest BCUT2D eigenvalue weighted by Crippen LogP contribution is -2.12. The summed E-state index contributed by atoms with van der Waals surface area (Å²) in [4.78, 5) is 24.0. The summed E-state index contributed by atoms with van der Waals surface area (Å²) < 4.78 is 14.8. The first kappa shape index (κ1) is 16.5. The standard InChI is InChI=1S/C17H13FN8O/c18-11-4-1-3-10(7-11)8-20-17-22-9-21-14(23-17)16-25-24-15-12(13(19)27)5-2-6-26(15)16/h1-7,9H,8H2,(H2,19,27)(H,20,21,22,23). The largest absolute Gasteiger partial charge is 0.365 e. The molecule has 0 unspecified atom stereocenters. The number of carbonyl (C=O) groups excluding carboxylic acids is 1. The highest BCUT2D eigenvalue weighted by Crippen LogP contribution is 2.17. The molecule has 9 nitrogen and oxygen atoms in total. The molecule has 10 heteroatoms. The first-order valence-electron chi connectivity index (χ1n) is 7.93. The van der Waals surface area contributed by atoms with E-state index in [0.717, 1.165) is 5.56 Å². The van der Waals surface area contributed by atoms with Gasteiger partial charge in [-0.25, -0.2) is 14.4 Å². The van der Waals surface area contributed by atoms with Crippen LogP contribution in [0.15, 0.2) is 48.9 Å². The molecule has 27 heavy (non-hydrogen) atoms. The number of benzene rings is 1. The summed E-state index contributed by atoms with van der Waals surface area (Å²) in [6.45, 7) is 0.341. The normalized spacial score (nSPS) is 10.9. The zero-order valence-electron chi connectivity index (χ0n) is 13.9. The Morgan fingerprint density at radius 1 is 1.19 bits per heavy atom. The van der Waals surface area contributed by atoms with Gasteiger partial charge in [0.05, 0.1) is 5.56 Å². The number of fused-ring (bicyclic) bond motifs is 1. The molecule has 0 aliphatic carbocycles. The quantitative estimate of drug-likeness (QED) is 0.549. The average molecular weight is 364 g/mol. The predicted octanol–water partition coefficient (Wildman–Crippen LogP) is 1.43. The Balaban J connectivity index is 1.64. The van der Waals surface area contributed by atoms with Crippen LogP contribution in [0.3, 0.4) is 0 Å². The minimum atomic E-state index is -0.604. The number of carbonyl (C=O) groups is 1. The highest BCUT2D eigenvalue weighted by Gasteiger charge is 2.16. The number of rotatable bonds is 5. The van der Waals surface area contributed by atoms with Gasteiger partial charge in [0, 0.05) is 12.7 Å². The van der Waals surface area contributed by atoms with E-state index in [2.05, 4.69) is 30.5 Å². The fourth-order valence-electron chi connectivity index (χ4n) is 2.58. The van der Waals surface area contributed by atoms with Crippen LogP contribution in [0.25, 0.3) is 17.3 Å². The molecule has 1 amide bonds. The summed E-state index contributed by atoms with van der Waals surface area (Å²) in [5.41, 5.74) is 6.67. The number of nitrogens with two attached hydrogens (primary N) is 1. The van der Waals surface area contributed by atoms with Crippen molar-refractivity contribution in [2.24, 2.45) is 5.73 Å². The van der Waals surface area contributed by atoms with Gasteiger partial charge < -0.3 is 11.1 Å². The minimum Gasteiger partial charge on any atom is -0.365 e. The molecule has 0 aliphatic heterocycles. The Morgan fingerprint density at radius 2 is 2.07 bits per heavy atom.